The van der Waals surface area contributed by atoms with Crippen LogP contribution in [0.4, 0.5) is 5.69 Å². The second-order valence-corrected chi connectivity index (χ2v) is 6.76. The van der Waals surface area contributed by atoms with Gasteiger partial charge in [0.1, 0.15) is 6.54 Å². The fourth-order valence-electron chi connectivity index (χ4n) is 2.70. The van der Waals surface area contributed by atoms with Crippen LogP contribution in [0.1, 0.15) is 25.6 Å². The van der Waals surface area contributed by atoms with Gasteiger partial charge in [0.2, 0.25) is 5.91 Å². The average Bonchev–Trinajstić information content (AvgIpc) is 3.14. The van der Waals surface area contributed by atoms with E-state index in [0.29, 0.717) is 36.9 Å². The van der Waals surface area contributed by atoms with Gasteiger partial charge in [-0.25, -0.2) is 4.99 Å². The molecule has 0 spiro atoms. The van der Waals surface area contributed by atoms with E-state index in [1.165, 1.54) is 0 Å². The van der Waals surface area contributed by atoms with Crippen molar-refractivity contribution in [2.75, 3.05) is 18.4 Å². The molecule has 1 amide bonds. The monoisotopic (exact) mass is 541 g/mol. The van der Waals surface area contributed by atoms with Crippen molar-refractivity contribution in [2.45, 2.75) is 26.3 Å². The zero-order valence-corrected chi connectivity index (χ0v) is 19.7. The van der Waals surface area contributed by atoms with E-state index in [1.807, 2.05) is 35.7 Å². The van der Waals surface area contributed by atoms with Gasteiger partial charge in [-0.3, -0.25) is 9.20 Å². The van der Waals surface area contributed by atoms with E-state index in [9.17, 15) is 4.79 Å². The molecule has 0 saturated heterocycles. The van der Waals surface area contributed by atoms with E-state index in [1.54, 1.807) is 24.3 Å². The maximum absolute atomic E-state index is 12.0. The van der Waals surface area contributed by atoms with Gasteiger partial charge in [0, 0.05) is 36.4 Å². The number of nitrogens with zero attached hydrogens (tertiary/aromatic N) is 4. The van der Waals surface area contributed by atoms with Crippen LogP contribution in [0.2, 0.25) is 5.02 Å². The van der Waals surface area contributed by atoms with Crippen molar-refractivity contribution in [3.63, 3.8) is 0 Å². The minimum atomic E-state index is -0.0361. The third kappa shape index (κ3) is 7.13. The van der Waals surface area contributed by atoms with Gasteiger partial charge in [-0.1, -0.05) is 17.7 Å². The van der Waals surface area contributed by atoms with E-state index in [-0.39, 0.29) is 29.9 Å². The Balaban J connectivity index is 0.00000320. The van der Waals surface area contributed by atoms with Gasteiger partial charge in [0.15, 0.2) is 17.4 Å². The number of aliphatic imine (C=N–C) groups is 1. The van der Waals surface area contributed by atoms with Crippen molar-refractivity contribution in [1.82, 2.24) is 25.2 Å². The molecular weight excluding hydrogens is 517 g/mol. The lowest BCUT2D eigenvalue weighted by molar-refractivity contribution is -0.116. The molecule has 0 fully saturated rings. The summed E-state index contributed by atoms with van der Waals surface area (Å²) in [6.45, 7) is 3.77. The molecule has 8 nitrogen and oxygen atoms in total. The van der Waals surface area contributed by atoms with Gasteiger partial charge in [-0.15, -0.1) is 34.2 Å². The minimum Gasteiger partial charge on any atom is -0.357 e. The molecule has 0 atom stereocenters. The number of benzene rings is 1. The van der Waals surface area contributed by atoms with E-state index in [0.717, 1.165) is 23.7 Å². The lowest BCUT2D eigenvalue weighted by Gasteiger charge is -2.11. The number of anilines is 1. The number of nitrogens with one attached hydrogen (secondary N) is 3. The van der Waals surface area contributed by atoms with Crippen LogP contribution in [-0.4, -0.2) is 39.6 Å². The van der Waals surface area contributed by atoms with Gasteiger partial charge in [-0.2, -0.15) is 0 Å². The highest BCUT2D eigenvalue weighted by Crippen LogP contribution is 2.13. The molecule has 160 valence electrons. The quantitative estimate of drug-likeness (QED) is 0.176. The fraction of sp³-hybridized carbons (Fsp3) is 0.300. The molecule has 2 aromatic heterocycles. The van der Waals surface area contributed by atoms with Crippen molar-refractivity contribution in [3.8, 4) is 0 Å². The number of aromatic nitrogens is 3. The molecule has 0 aliphatic rings. The summed E-state index contributed by atoms with van der Waals surface area (Å²) in [5, 5.41) is 18.2. The number of halogens is 2. The van der Waals surface area contributed by atoms with Gasteiger partial charge in [0.05, 0.1) is 0 Å². The highest BCUT2D eigenvalue weighted by atomic mass is 127. The minimum absolute atomic E-state index is 0. The molecule has 10 heteroatoms. The van der Waals surface area contributed by atoms with Gasteiger partial charge >= 0.3 is 0 Å². The van der Waals surface area contributed by atoms with Crippen LogP contribution in [-0.2, 0) is 11.3 Å². The van der Waals surface area contributed by atoms with E-state index in [2.05, 4.69) is 31.1 Å². The third-order valence-electron chi connectivity index (χ3n) is 4.11. The maximum Gasteiger partial charge on any atom is 0.224 e. The summed E-state index contributed by atoms with van der Waals surface area (Å²) in [4.78, 5) is 16.6. The van der Waals surface area contributed by atoms with Gasteiger partial charge < -0.3 is 16.0 Å². The Morgan fingerprint density at radius 3 is 2.70 bits per heavy atom. The molecule has 0 aliphatic carbocycles. The summed E-state index contributed by atoms with van der Waals surface area (Å²) >= 11 is 5.85. The Morgan fingerprint density at radius 1 is 1.13 bits per heavy atom. The topological polar surface area (TPSA) is 95.7 Å². The highest BCUT2D eigenvalue weighted by Gasteiger charge is 2.06. The number of carbonyl (C=O) groups is 1. The summed E-state index contributed by atoms with van der Waals surface area (Å²) in [6.07, 6.45) is 3.00. The summed E-state index contributed by atoms with van der Waals surface area (Å²) < 4.78 is 1.91. The molecule has 3 aromatic rings. The zero-order chi connectivity index (χ0) is 20.5. The number of amides is 1. The number of carbonyl (C=O) groups excluding carboxylic acids is 1. The van der Waals surface area contributed by atoms with Crippen LogP contribution in [0.5, 0.6) is 0 Å². The lowest BCUT2D eigenvalue weighted by atomic mass is 10.2. The zero-order valence-electron chi connectivity index (χ0n) is 16.6. The Labute approximate surface area is 197 Å². The molecular formula is C20H25ClIN7O. The standard InChI is InChI=1S/C20H24ClN7O.HI/c1-2-22-20(24-14-18-27-26-17-6-3-4-13-28(17)18)23-12-5-7-19(29)25-16-10-8-15(21)9-11-16;/h3-4,6,8-11,13H,2,5,7,12,14H2,1H3,(H,25,29)(H2,22,23,24);1H. The first-order valence-electron chi connectivity index (χ1n) is 9.52. The highest BCUT2D eigenvalue weighted by molar-refractivity contribution is 14.0. The van der Waals surface area contributed by atoms with Crippen LogP contribution < -0.4 is 16.0 Å². The third-order valence-corrected chi connectivity index (χ3v) is 4.36. The molecule has 3 N–H and O–H groups in total. The van der Waals surface area contributed by atoms with Crippen molar-refractivity contribution >= 4 is 58.8 Å². The summed E-state index contributed by atoms with van der Waals surface area (Å²) in [5.74, 6) is 1.41. The molecule has 0 radical (unpaired) electrons. The van der Waals surface area contributed by atoms with Gasteiger partial charge in [-0.05, 0) is 49.7 Å². The summed E-state index contributed by atoms with van der Waals surface area (Å²) in [6, 6.07) is 12.8. The van der Waals surface area contributed by atoms with Crippen LogP contribution in [0.15, 0.2) is 53.7 Å². The Kier molecular flexibility index (Phi) is 9.81. The Bertz CT molecular complexity index is 975. The first-order chi connectivity index (χ1) is 14.2. The van der Waals surface area contributed by atoms with Gasteiger partial charge in [0.25, 0.3) is 0 Å². The van der Waals surface area contributed by atoms with Crippen molar-refractivity contribution in [3.05, 3.63) is 59.5 Å². The fourth-order valence-corrected chi connectivity index (χ4v) is 2.83. The molecule has 1 aromatic carbocycles. The van der Waals surface area contributed by atoms with Crippen LogP contribution in [0, 0.1) is 0 Å². The van der Waals surface area contributed by atoms with E-state index < -0.39 is 0 Å². The van der Waals surface area contributed by atoms with Crippen LogP contribution >= 0.6 is 35.6 Å². The maximum atomic E-state index is 12.0. The number of hydrogen-bond acceptors (Lipinski definition) is 4. The Morgan fingerprint density at radius 2 is 1.93 bits per heavy atom. The molecule has 2 heterocycles. The van der Waals surface area contributed by atoms with Crippen molar-refractivity contribution in [1.29, 1.82) is 0 Å². The molecule has 0 bridgehead atoms. The molecule has 3 rings (SSSR count). The normalized spacial score (nSPS) is 11.1. The SMILES string of the molecule is CCNC(=NCc1nnc2ccccn12)NCCCC(=O)Nc1ccc(Cl)cc1.I. The summed E-state index contributed by atoms with van der Waals surface area (Å²) in [7, 11) is 0. The average molecular weight is 542 g/mol. The van der Waals surface area contributed by atoms with Crippen LogP contribution in [0.25, 0.3) is 5.65 Å². The number of rotatable bonds is 8. The van der Waals surface area contributed by atoms with Crippen molar-refractivity contribution in [2.24, 2.45) is 4.99 Å². The predicted octanol–water partition coefficient (Wildman–Crippen LogP) is 3.47. The van der Waals surface area contributed by atoms with Crippen molar-refractivity contribution < 1.29 is 4.79 Å². The second kappa shape index (κ2) is 12.3. The van der Waals surface area contributed by atoms with E-state index >= 15 is 0 Å². The van der Waals surface area contributed by atoms with Crippen LogP contribution in [0.3, 0.4) is 0 Å². The second-order valence-electron chi connectivity index (χ2n) is 6.33. The Hall–Kier alpha value is -2.40. The largest absolute Gasteiger partial charge is 0.357 e. The predicted molar refractivity (Wildman–Crippen MR) is 131 cm³/mol. The molecule has 0 unspecified atom stereocenters. The summed E-state index contributed by atoms with van der Waals surface area (Å²) in [5.41, 5.74) is 1.53. The number of hydrogen-bond donors (Lipinski definition) is 3. The van der Waals surface area contributed by atoms with E-state index in [4.69, 9.17) is 11.6 Å². The molecule has 30 heavy (non-hydrogen) atoms. The first kappa shape index (κ1) is 23.9. The molecule has 0 aliphatic heterocycles. The smallest absolute Gasteiger partial charge is 0.224 e. The number of fused-ring (bicyclic) bond motifs is 1. The molecule has 0 saturated carbocycles. The first-order valence-corrected chi connectivity index (χ1v) is 9.89. The number of pyridine rings is 1. The number of guanidine groups is 1. The lowest BCUT2D eigenvalue weighted by Crippen LogP contribution is -2.38.